The molecule has 0 saturated heterocycles. The molecule has 0 unspecified atom stereocenters. The van der Waals surface area contributed by atoms with Crippen LogP contribution in [-0.4, -0.2) is 41.9 Å². The van der Waals surface area contributed by atoms with Crippen molar-refractivity contribution in [1.82, 2.24) is 14.7 Å². The number of fused-ring (bicyclic) bond motifs is 1. The lowest BCUT2D eigenvalue weighted by atomic mass is 10.1. The Hall–Kier alpha value is -1.99. The molecule has 0 saturated carbocycles. The van der Waals surface area contributed by atoms with Gasteiger partial charge >= 0.3 is 0 Å². The summed E-state index contributed by atoms with van der Waals surface area (Å²) in [5.74, 6) is 0.0752. The molecule has 2 aromatic rings. The van der Waals surface area contributed by atoms with E-state index in [1.165, 1.54) is 4.68 Å². The second-order valence-electron chi connectivity index (χ2n) is 5.93. The average molecular weight is 347 g/mol. The van der Waals surface area contributed by atoms with E-state index in [2.05, 4.69) is 10.00 Å². The Morgan fingerprint density at radius 3 is 2.67 bits per heavy atom. The molecular weight excluding hydrogens is 326 g/mol. The van der Waals surface area contributed by atoms with Crippen LogP contribution < -0.4 is 5.56 Å². The van der Waals surface area contributed by atoms with Gasteiger partial charge < -0.3 is 0 Å². The van der Waals surface area contributed by atoms with Gasteiger partial charge in [0.25, 0.3) is 5.56 Å². The summed E-state index contributed by atoms with van der Waals surface area (Å²) in [6, 6.07) is 10.1. The number of aryl methyl sites for hydroxylation is 1. The van der Waals surface area contributed by atoms with Crippen molar-refractivity contribution in [2.75, 3.05) is 18.8 Å². The van der Waals surface area contributed by atoms with Crippen LogP contribution >= 0.6 is 0 Å². The van der Waals surface area contributed by atoms with Gasteiger partial charge in [-0.3, -0.25) is 9.69 Å². The standard InChI is InChI=1S/C17H21N3O3S/c1-2-20-17(21)12-14-13-19(9-8-16(14)18-20)10-11-24(22,23)15-6-4-3-5-7-15/h3-7,12H,2,8-11,13H2,1H3. The minimum Gasteiger partial charge on any atom is -0.298 e. The van der Waals surface area contributed by atoms with Gasteiger partial charge in [0.1, 0.15) is 0 Å². The Labute approximate surface area is 141 Å². The molecule has 2 heterocycles. The highest BCUT2D eigenvalue weighted by molar-refractivity contribution is 7.91. The van der Waals surface area contributed by atoms with Gasteiger partial charge in [-0.2, -0.15) is 5.10 Å². The van der Waals surface area contributed by atoms with E-state index < -0.39 is 9.84 Å². The van der Waals surface area contributed by atoms with E-state index in [4.69, 9.17) is 0 Å². The first-order valence-electron chi connectivity index (χ1n) is 8.09. The number of benzene rings is 1. The van der Waals surface area contributed by atoms with E-state index >= 15 is 0 Å². The summed E-state index contributed by atoms with van der Waals surface area (Å²) in [6.07, 6.45) is 0.737. The van der Waals surface area contributed by atoms with E-state index in [0.717, 1.165) is 24.2 Å². The first-order valence-corrected chi connectivity index (χ1v) is 9.75. The highest BCUT2D eigenvalue weighted by atomic mass is 32.2. The second-order valence-corrected chi connectivity index (χ2v) is 8.04. The highest BCUT2D eigenvalue weighted by Crippen LogP contribution is 2.16. The molecule has 0 aliphatic carbocycles. The lowest BCUT2D eigenvalue weighted by Crippen LogP contribution is -2.37. The molecule has 6 nitrogen and oxygen atoms in total. The van der Waals surface area contributed by atoms with Crippen molar-refractivity contribution in [1.29, 1.82) is 0 Å². The fourth-order valence-corrected chi connectivity index (χ4v) is 4.22. The zero-order chi connectivity index (χ0) is 17.2. The molecule has 1 aliphatic rings. The molecule has 1 aromatic carbocycles. The maximum Gasteiger partial charge on any atom is 0.267 e. The first kappa shape index (κ1) is 16.9. The minimum absolute atomic E-state index is 0.0752. The van der Waals surface area contributed by atoms with Gasteiger partial charge in [0, 0.05) is 38.7 Å². The van der Waals surface area contributed by atoms with Crippen LogP contribution in [0.25, 0.3) is 0 Å². The van der Waals surface area contributed by atoms with Crippen LogP contribution in [0.5, 0.6) is 0 Å². The molecule has 0 atom stereocenters. The molecule has 1 aliphatic heterocycles. The van der Waals surface area contributed by atoms with Gasteiger partial charge in [0.05, 0.1) is 16.3 Å². The summed E-state index contributed by atoms with van der Waals surface area (Å²) >= 11 is 0. The first-order chi connectivity index (χ1) is 11.5. The topological polar surface area (TPSA) is 72.3 Å². The summed E-state index contributed by atoms with van der Waals surface area (Å²) < 4.78 is 26.2. The maximum atomic E-state index is 12.4. The quantitative estimate of drug-likeness (QED) is 0.810. The number of rotatable bonds is 5. The van der Waals surface area contributed by atoms with Crippen molar-refractivity contribution in [3.8, 4) is 0 Å². The third-order valence-corrected chi connectivity index (χ3v) is 6.01. The van der Waals surface area contributed by atoms with Gasteiger partial charge in [-0.05, 0) is 24.6 Å². The number of sulfone groups is 1. The van der Waals surface area contributed by atoms with Crippen molar-refractivity contribution >= 4 is 9.84 Å². The van der Waals surface area contributed by atoms with Crippen LogP contribution in [0.15, 0.2) is 46.1 Å². The SMILES string of the molecule is CCn1nc2c(cc1=O)CN(CCS(=O)(=O)c1ccccc1)CC2. The van der Waals surface area contributed by atoms with Crippen molar-refractivity contribution in [2.45, 2.75) is 31.3 Å². The van der Waals surface area contributed by atoms with Gasteiger partial charge in [0.2, 0.25) is 0 Å². The zero-order valence-corrected chi connectivity index (χ0v) is 14.5. The molecule has 0 radical (unpaired) electrons. The summed E-state index contributed by atoms with van der Waals surface area (Å²) in [6.45, 7) is 4.24. The molecule has 128 valence electrons. The van der Waals surface area contributed by atoms with Gasteiger partial charge in [0.15, 0.2) is 9.84 Å². The predicted octanol–water partition coefficient (Wildman–Crippen LogP) is 1.10. The van der Waals surface area contributed by atoms with Crippen molar-refractivity contribution in [2.24, 2.45) is 0 Å². The fourth-order valence-electron chi connectivity index (χ4n) is 2.91. The van der Waals surface area contributed by atoms with Crippen molar-refractivity contribution < 1.29 is 8.42 Å². The number of aromatic nitrogens is 2. The molecule has 3 rings (SSSR count). The summed E-state index contributed by atoms with van der Waals surface area (Å²) in [5, 5.41) is 4.38. The van der Waals surface area contributed by atoms with Crippen LogP contribution in [-0.2, 0) is 29.3 Å². The Balaban J connectivity index is 1.68. The smallest absolute Gasteiger partial charge is 0.267 e. The lowest BCUT2D eigenvalue weighted by molar-refractivity contribution is 0.263. The van der Waals surface area contributed by atoms with E-state index in [1.54, 1.807) is 36.4 Å². The monoisotopic (exact) mass is 347 g/mol. The maximum absolute atomic E-state index is 12.4. The van der Waals surface area contributed by atoms with Crippen LogP contribution in [0.3, 0.4) is 0 Å². The zero-order valence-electron chi connectivity index (χ0n) is 13.7. The highest BCUT2D eigenvalue weighted by Gasteiger charge is 2.21. The molecular formula is C17H21N3O3S. The summed E-state index contributed by atoms with van der Waals surface area (Å²) in [5.41, 5.74) is 1.75. The second kappa shape index (κ2) is 6.86. The van der Waals surface area contributed by atoms with E-state index in [-0.39, 0.29) is 11.3 Å². The normalized spacial score (nSPS) is 15.2. The molecule has 0 amide bonds. The van der Waals surface area contributed by atoms with E-state index in [0.29, 0.717) is 24.5 Å². The Kier molecular flexibility index (Phi) is 4.82. The molecule has 0 bridgehead atoms. The van der Waals surface area contributed by atoms with Gasteiger partial charge in [-0.1, -0.05) is 18.2 Å². The molecule has 7 heteroatoms. The van der Waals surface area contributed by atoms with E-state index in [1.807, 2.05) is 6.92 Å². The van der Waals surface area contributed by atoms with Crippen LogP contribution in [0.4, 0.5) is 0 Å². The molecule has 0 N–H and O–H groups in total. The number of nitrogens with zero attached hydrogens (tertiary/aromatic N) is 3. The molecule has 24 heavy (non-hydrogen) atoms. The van der Waals surface area contributed by atoms with Crippen molar-refractivity contribution in [3.63, 3.8) is 0 Å². The third kappa shape index (κ3) is 3.57. The Morgan fingerprint density at radius 1 is 1.21 bits per heavy atom. The van der Waals surface area contributed by atoms with Gasteiger partial charge in [-0.25, -0.2) is 13.1 Å². The Bertz CT molecular complexity index is 876. The number of hydrogen-bond acceptors (Lipinski definition) is 5. The molecule has 0 spiro atoms. The van der Waals surface area contributed by atoms with E-state index in [9.17, 15) is 13.2 Å². The fraction of sp³-hybridized carbons (Fsp3) is 0.412. The largest absolute Gasteiger partial charge is 0.298 e. The third-order valence-electron chi connectivity index (χ3n) is 4.30. The van der Waals surface area contributed by atoms with Gasteiger partial charge in [-0.15, -0.1) is 0 Å². The average Bonchev–Trinajstić information content (AvgIpc) is 2.60. The van der Waals surface area contributed by atoms with Crippen LogP contribution in [0, 0.1) is 0 Å². The minimum atomic E-state index is -3.28. The summed E-state index contributed by atoms with van der Waals surface area (Å²) in [7, 11) is -3.28. The number of hydrogen-bond donors (Lipinski definition) is 0. The van der Waals surface area contributed by atoms with Crippen LogP contribution in [0.2, 0.25) is 0 Å². The van der Waals surface area contributed by atoms with Crippen LogP contribution in [0.1, 0.15) is 18.2 Å². The Morgan fingerprint density at radius 2 is 1.96 bits per heavy atom. The molecule has 1 aromatic heterocycles. The summed E-state index contributed by atoms with van der Waals surface area (Å²) in [4.78, 5) is 14.3. The predicted molar refractivity (Wildman–Crippen MR) is 91.6 cm³/mol. The lowest BCUT2D eigenvalue weighted by Gasteiger charge is -2.28. The molecule has 0 fully saturated rings. The van der Waals surface area contributed by atoms with Crippen molar-refractivity contribution in [3.05, 3.63) is 58.0 Å².